The van der Waals surface area contributed by atoms with Gasteiger partial charge in [0.1, 0.15) is 11.6 Å². The predicted molar refractivity (Wildman–Crippen MR) is 144 cm³/mol. The van der Waals surface area contributed by atoms with Crippen LogP contribution in [0.1, 0.15) is 40.5 Å². The van der Waals surface area contributed by atoms with Crippen molar-refractivity contribution >= 4 is 19.0 Å². The Balaban J connectivity index is 1.13. The van der Waals surface area contributed by atoms with Crippen molar-refractivity contribution < 1.29 is 23.9 Å². The first-order valence-electron chi connectivity index (χ1n) is 13.4. The molecule has 4 unspecified atom stereocenters. The van der Waals surface area contributed by atoms with Gasteiger partial charge in [0, 0.05) is 24.0 Å². The van der Waals surface area contributed by atoms with Gasteiger partial charge >= 0.3 is 13.2 Å². The average molecular weight is 513 g/mol. The van der Waals surface area contributed by atoms with Crippen molar-refractivity contribution in [2.45, 2.75) is 63.8 Å². The zero-order valence-electron chi connectivity index (χ0n) is 22.1. The van der Waals surface area contributed by atoms with Gasteiger partial charge in [-0.3, -0.25) is 4.90 Å². The van der Waals surface area contributed by atoms with Gasteiger partial charge in [-0.25, -0.2) is 9.79 Å². The van der Waals surface area contributed by atoms with E-state index in [4.69, 9.17) is 19.0 Å². The van der Waals surface area contributed by atoms with E-state index in [-0.39, 0.29) is 23.9 Å². The molecule has 4 heterocycles. The fourth-order valence-corrected chi connectivity index (χ4v) is 6.32. The van der Waals surface area contributed by atoms with Gasteiger partial charge in [-0.2, -0.15) is 0 Å². The predicted octanol–water partition coefficient (Wildman–Crippen LogP) is 4.42. The number of carboxylic acid groups (broad SMARTS) is 1. The molecule has 0 aromatic rings. The smallest absolute Gasteiger partial charge is 0.465 e. The first-order chi connectivity index (χ1) is 18.1. The fraction of sp³-hybridized carbons (Fsp3) is 0.448. The highest BCUT2D eigenvalue weighted by molar-refractivity contribution is 6.55. The zero-order chi connectivity index (χ0) is 26.4. The monoisotopic (exact) mass is 513 g/mol. The zero-order valence-corrected chi connectivity index (χ0v) is 22.1. The van der Waals surface area contributed by atoms with Crippen molar-refractivity contribution in [2.24, 2.45) is 16.8 Å². The van der Waals surface area contributed by atoms with Gasteiger partial charge in [0.2, 0.25) is 0 Å². The van der Waals surface area contributed by atoms with Gasteiger partial charge in [0.25, 0.3) is 0 Å². The number of rotatable bonds is 2. The lowest BCUT2D eigenvalue weighted by Crippen LogP contribution is -2.47. The Labute approximate surface area is 222 Å². The third-order valence-corrected chi connectivity index (χ3v) is 9.17. The molecule has 1 amide bonds. The largest absolute Gasteiger partial charge is 0.494 e. The van der Waals surface area contributed by atoms with Crippen molar-refractivity contribution in [1.82, 2.24) is 10.2 Å². The molecule has 7 aliphatic rings. The molecule has 4 aliphatic heterocycles. The van der Waals surface area contributed by atoms with Crippen LogP contribution in [0, 0.1) is 11.8 Å². The number of ether oxygens (including phenoxy) is 1. The van der Waals surface area contributed by atoms with E-state index < -0.39 is 24.4 Å². The number of amidine groups is 1. The second-order valence-corrected chi connectivity index (χ2v) is 12.0. The number of hydrogen-bond acceptors (Lipinski definition) is 6. The normalized spacial score (nSPS) is 33.6. The molecule has 0 saturated carbocycles. The minimum Gasteiger partial charge on any atom is -0.465 e. The first-order valence-corrected chi connectivity index (χ1v) is 13.4. The Morgan fingerprint density at radius 1 is 1.16 bits per heavy atom. The van der Waals surface area contributed by atoms with Gasteiger partial charge in [-0.05, 0) is 69.3 Å². The van der Waals surface area contributed by atoms with Gasteiger partial charge < -0.3 is 24.5 Å². The van der Waals surface area contributed by atoms with Crippen molar-refractivity contribution in [3.8, 4) is 0 Å². The van der Waals surface area contributed by atoms with Gasteiger partial charge in [-0.1, -0.05) is 30.4 Å². The van der Waals surface area contributed by atoms with Gasteiger partial charge in [-0.15, -0.1) is 0 Å². The highest BCUT2D eigenvalue weighted by atomic mass is 16.7. The van der Waals surface area contributed by atoms with E-state index in [1.54, 1.807) is 0 Å². The van der Waals surface area contributed by atoms with Crippen molar-refractivity contribution in [3.63, 3.8) is 0 Å². The standard InChI is InChI=1S/C29H32BN3O5/c1-28(2)29(3,4)38-30(37-28)18-8-9-19-17(12-18)15-36-24-14-20-16(13-21(19)24)7-10-22-25(20)32-26(31-22)23-6-5-11-33(23)27(34)35/h7-10,12-15,19-20,23,25H,5-6,11H2,1-4H3,(H,31,32)(H,34,35). The maximum Gasteiger partial charge on any atom is 0.494 e. The summed E-state index contributed by atoms with van der Waals surface area (Å²) in [6.45, 7) is 8.80. The van der Waals surface area contributed by atoms with Crippen LogP contribution in [0.2, 0.25) is 0 Å². The summed E-state index contributed by atoms with van der Waals surface area (Å²) in [6, 6.07) is -0.240. The molecule has 7 rings (SSSR count). The third kappa shape index (κ3) is 3.52. The number of hydrogen-bond donors (Lipinski definition) is 2. The highest BCUT2D eigenvalue weighted by Gasteiger charge is 2.52. The van der Waals surface area contributed by atoms with E-state index in [1.165, 1.54) is 10.5 Å². The molecule has 38 heavy (non-hydrogen) atoms. The second kappa shape index (κ2) is 8.10. The summed E-state index contributed by atoms with van der Waals surface area (Å²) in [6.07, 6.45) is 17.6. The van der Waals surface area contributed by atoms with Crippen molar-refractivity contribution in [3.05, 3.63) is 82.4 Å². The third-order valence-electron chi connectivity index (χ3n) is 9.17. The van der Waals surface area contributed by atoms with Crippen LogP contribution in [0.25, 0.3) is 0 Å². The number of amides is 1. The molecule has 0 radical (unpaired) electrons. The summed E-state index contributed by atoms with van der Waals surface area (Å²) < 4.78 is 18.7. The summed E-state index contributed by atoms with van der Waals surface area (Å²) in [7, 11) is -0.413. The van der Waals surface area contributed by atoms with Crippen LogP contribution < -0.4 is 5.32 Å². The minimum absolute atomic E-state index is 0.0303. The van der Waals surface area contributed by atoms with E-state index in [2.05, 4.69) is 75.5 Å². The molecule has 9 heteroatoms. The lowest BCUT2D eigenvalue weighted by Gasteiger charge is -2.35. The molecule has 196 valence electrons. The maximum absolute atomic E-state index is 11.7. The van der Waals surface area contributed by atoms with Crippen LogP contribution in [0.4, 0.5) is 4.79 Å². The van der Waals surface area contributed by atoms with E-state index in [9.17, 15) is 9.90 Å². The molecule has 4 atom stereocenters. The Morgan fingerprint density at radius 2 is 1.95 bits per heavy atom. The van der Waals surface area contributed by atoms with Crippen LogP contribution in [0.5, 0.6) is 0 Å². The van der Waals surface area contributed by atoms with Crippen molar-refractivity contribution in [1.29, 1.82) is 0 Å². The Morgan fingerprint density at radius 3 is 2.71 bits per heavy atom. The average Bonchev–Trinajstić information content (AvgIpc) is 3.58. The van der Waals surface area contributed by atoms with Gasteiger partial charge in [0.15, 0.2) is 0 Å². The van der Waals surface area contributed by atoms with Crippen LogP contribution in [-0.2, 0) is 14.0 Å². The number of aliphatic imine (C=N–C) groups is 1. The molecule has 8 nitrogen and oxygen atoms in total. The molecule has 0 bridgehead atoms. The SMILES string of the molecule is CC1(C)OB(C2=CC3=COC4=CC5C(=CC=C6N=C(C7CCCN7C(=O)O)NC65)C=C4C3C=C2)OC1(C)C. The summed E-state index contributed by atoms with van der Waals surface area (Å²) in [5, 5.41) is 13.2. The van der Waals surface area contributed by atoms with Crippen LogP contribution in [0.3, 0.4) is 0 Å². The van der Waals surface area contributed by atoms with Crippen molar-refractivity contribution in [2.75, 3.05) is 6.54 Å². The number of nitrogens with one attached hydrogen (secondary N) is 1. The molecule has 0 aromatic heterocycles. The van der Waals surface area contributed by atoms with Crippen LogP contribution in [0.15, 0.2) is 87.4 Å². The number of likely N-dealkylation sites (tertiary alicyclic amines) is 1. The fourth-order valence-electron chi connectivity index (χ4n) is 6.32. The number of fused-ring (bicyclic) bond motifs is 6. The lowest BCUT2D eigenvalue weighted by molar-refractivity contribution is 0.00578. The second-order valence-electron chi connectivity index (χ2n) is 12.0. The van der Waals surface area contributed by atoms with Gasteiger partial charge in [0.05, 0.1) is 35.2 Å². The highest BCUT2D eigenvalue weighted by Crippen LogP contribution is 2.46. The molecule has 0 aromatic carbocycles. The Hall–Kier alpha value is -3.30. The molecule has 2 saturated heterocycles. The van der Waals surface area contributed by atoms with E-state index in [0.717, 1.165) is 46.8 Å². The van der Waals surface area contributed by atoms with Crippen LogP contribution >= 0.6 is 0 Å². The molecule has 2 fully saturated rings. The summed E-state index contributed by atoms with van der Waals surface area (Å²) in [4.78, 5) is 18.0. The summed E-state index contributed by atoms with van der Waals surface area (Å²) in [5.41, 5.74) is 4.56. The van der Waals surface area contributed by atoms with E-state index in [1.807, 2.05) is 6.26 Å². The van der Waals surface area contributed by atoms with E-state index >= 15 is 0 Å². The first kappa shape index (κ1) is 23.8. The molecule has 0 spiro atoms. The maximum atomic E-state index is 11.7. The van der Waals surface area contributed by atoms with E-state index in [0.29, 0.717) is 6.54 Å². The number of carbonyl (C=O) groups is 1. The Bertz CT molecular complexity index is 1360. The van der Waals surface area contributed by atoms with Crippen LogP contribution in [-0.4, -0.2) is 58.9 Å². The summed E-state index contributed by atoms with van der Waals surface area (Å²) >= 11 is 0. The molecular formula is C29H32BN3O5. The lowest BCUT2D eigenvalue weighted by atomic mass is 9.70. The summed E-state index contributed by atoms with van der Waals surface area (Å²) in [5.74, 6) is 1.78. The number of nitrogens with zero attached hydrogens (tertiary/aromatic N) is 2. The number of allylic oxidation sites excluding steroid dienone is 9. The minimum atomic E-state index is -0.888. The quantitative estimate of drug-likeness (QED) is 0.532. The topological polar surface area (TPSA) is 92.6 Å². The molecular weight excluding hydrogens is 481 g/mol. The molecule has 2 N–H and O–H groups in total. The molecule has 3 aliphatic carbocycles. The Kier molecular flexibility index (Phi) is 5.07.